The van der Waals surface area contributed by atoms with Crippen molar-refractivity contribution in [2.75, 3.05) is 30.4 Å². The molecule has 0 aromatic carbocycles. The van der Waals surface area contributed by atoms with Crippen molar-refractivity contribution in [1.82, 2.24) is 14.9 Å². The molecule has 19 heavy (non-hydrogen) atoms. The molecule has 1 aromatic rings. The number of piperidine rings is 1. The quantitative estimate of drug-likeness (QED) is 0.550. The normalized spacial score (nSPS) is 17.4. The SMILES string of the molecule is CCCN1CCC(Nc2cc(NN)nc(C)n2)CC1. The van der Waals surface area contributed by atoms with Gasteiger partial charge in [0.1, 0.15) is 17.5 Å². The first-order valence-electron chi connectivity index (χ1n) is 7.02. The molecule has 2 heterocycles. The number of nitrogens with two attached hydrogens (primary N) is 1. The molecule has 0 amide bonds. The molecule has 1 aliphatic rings. The van der Waals surface area contributed by atoms with Gasteiger partial charge in [0.15, 0.2) is 0 Å². The Morgan fingerprint density at radius 1 is 1.32 bits per heavy atom. The smallest absolute Gasteiger partial charge is 0.145 e. The molecule has 0 aliphatic carbocycles. The first kappa shape index (κ1) is 14.0. The molecule has 0 atom stereocenters. The van der Waals surface area contributed by atoms with Gasteiger partial charge in [-0.2, -0.15) is 0 Å². The number of nitrogen functional groups attached to an aromatic ring is 1. The molecule has 0 radical (unpaired) electrons. The molecule has 6 nitrogen and oxygen atoms in total. The fourth-order valence-electron chi connectivity index (χ4n) is 2.54. The van der Waals surface area contributed by atoms with Gasteiger partial charge in [-0.3, -0.25) is 0 Å². The van der Waals surface area contributed by atoms with E-state index >= 15 is 0 Å². The average molecular weight is 264 g/mol. The molecule has 0 bridgehead atoms. The summed E-state index contributed by atoms with van der Waals surface area (Å²) in [6.45, 7) is 7.64. The third-order valence-electron chi connectivity index (χ3n) is 3.47. The Hall–Kier alpha value is -1.40. The summed E-state index contributed by atoms with van der Waals surface area (Å²) in [5, 5.41) is 3.49. The summed E-state index contributed by atoms with van der Waals surface area (Å²) in [6, 6.07) is 2.35. The Balaban J connectivity index is 1.90. The third-order valence-corrected chi connectivity index (χ3v) is 3.47. The zero-order valence-corrected chi connectivity index (χ0v) is 11.8. The molecule has 1 saturated heterocycles. The first-order valence-corrected chi connectivity index (χ1v) is 7.02. The highest BCUT2D eigenvalue weighted by Crippen LogP contribution is 2.17. The molecule has 0 unspecified atom stereocenters. The second-order valence-corrected chi connectivity index (χ2v) is 5.09. The zero-order chi connectivity index (χ0) is 13.7. The summed E-state index contributed by atoms with van der Waals surface area (Å²) in [7, 11) is 0. The molecule has 0 spiro atoms. The summed E-state index contributed by atoms with van der Waals surface area (Å²) in [5.41, 5.74) is 2.57. The third kappa shape index (κ3) is 4.04. The Morgan fingerprint density at radius 2 is 2.00 bits per heavy atom. The molecule has 6 heteroatoms. The molecule has 1 fully saturated rings. The van der Waals surface area contributed by atoms with Crippen LogP contribution < -0.4 is 16.6 Å². The van der Waals surface area contributed by atoms with Crippen molar-refractivity contribution in [3.05, 3.63) is 11.9 Å². The van der Waals surface area contributed by atoms with Crippen LogP contribution in [0.5, 0.6) is 0 Å². The second kappa shape index (κ2) is 6.68. The summed E-state index contributed by atoms with van der Waals surface area (Å²) in [6.07, 6.45) is 3.55. The van der Waals surface area contributed by atoms with Crippen LogP contribution in [0.25, 0.3) is 0 Å². The number of hydrazine groups is 1. The van der Waals surface area contributed by atoms with E-state index in [1.807, 2.05) is 13.0 Å². The standard InChI is InChI=1S/C13H24N6/c1-3-6-19-7-4-11(5-8-19)17-12-9-13(18-14)16-10(2)15-12/h9,11H,3-8,14H2,1-2H3,(H2,15,16,17,18). The van der Waals surface area contributed by atoms with Crippen LogP contribution in [-0.2, 0) is 0 Å². The minimum Gasteiger partial charge on any atom is -0.367 e. The van der Waals surface area contributed by atoms with Gasteiger partial charge in [-0.1, -0.05) is 6.92 Å². The van der Waals surface area contributed by atoms with Crippen LogP contribution in [0.4, 0.5) is 11.6 Å². The maximum Gasteiger partial charge on any atom is 0.145 e. The number of hydrogen-bond donors (Lipinski definition) is 3. The predicted molar refractivity (Wildman–Crippen MR) is 78.0 cm³/mol. The number of rotatable bonds is 5. The summed E-state index contributed by atoms with van der Waals surface area (Å²) in [5.74, 6) is 7.63. The van der Waals surface area contributed by atoms with E-state index in [9.17, 15) is 0 Å². The first-order chi connectivity index (χ1) is 9.21. The van der Waals surface area contributed by atoms with Crippen molar-refractivity contribution < 1.29 is 0 Å². The van der Waals surface area contributed by atoms with Gasteiger partial charge in [0, 0.05) is 25.2 Å². The van der Waals surface area contributed by atoms with Crippen LogP contribution in [0.1, 0.15) is 32.0 Å². The zero-order valence-electron chi connectivity index (χ0n) is 11.8. The van der Waals surface area contributed by atoms with Gasteiger partial charge in [-0.15, -0.1) is 0 Å². The molecule has 1 aromatic heterocycles. The van der Waals surface area contributed by atoms with E-state index < -0.39 is 0 Å². The van der Waals surface area contributed by atoms with Gasteiger partial charge >= 0.3 is 0 Å². The monoisotopic (exact) mass is 264 g/mol. The number of nitrogens with zero attached hydrogens (tertiary/aromatic N) is 3. The van der Waals surface area contributed by atoms with Crippen LogP contribution >= 0.6 is 0 Å². The van der Waals surface area contributed by atoms with Crippen molar-refractivity contribution in [1.29, 1.82) is 0 Å². The molecule has 0 saturated carbocycles. The molecule has 2 rings (SSSR count). The molecular formula is C13H24N6. The van der Waals surface area contributed by atoms with Crippen LogP contribution in [0.15, 0.2) is 6.07 Å². The molecule has 1 aliphatic heterocycles. The highest BCUT2D eigenvalue weighted by molar-refractivity contribution is 5.47. The van der Waals surface area contributed by atoms with Gasteiger partial charge in [0.05, 0.1) is 0 Å². The molecule has 4 N–H and O–H groups in total. The lowest BCUT2D eigenvalue weighted by atomic mass is 10.0. The highest BCUT2D eigenvalue weighted by Gasteiger charge is 2.18. The van der Waals surface area contributed by atoms with Crippen LogP contribution in [0.3, 0.4) is 0 Å². The maximum absolute atomic E-state index is 5.40. The Morgan fingerprint density at radius 3 is 2.63 bits per heavy atom. The number of likely N-dealkylation sites (tertiary alicyclic amines) is 1. The van der Waals surface area contributed by atoms with Crippen molar-refractivity contribution in [3.8, 4) is 0 Å². The van der Waals surface area contributed by atoms with E-state index in [2.05, 4.69) is 32.5 Å². The average Bonchev–Trinajstić information content (AvgIpc) is 2.40. The minimum absolute atomic E-state index is 0.494. The predicted octanol–water partition coefficient (Wildman–Crippen LogP) is 1.36. The Labute approximate surface area is 114 Å². The maximum atomic E-state index is 5.40. The fraction of sp³-hybridized carbons (Fsp3) is 0.692. The summed E-state index contributed by atoms with van der Waals surface area (Å²) in [4.78, 5) is 11.1. The van der Waals surface area contributed by atoms with Crippen LogP contribution in [0.2, 0.25) is 0 Å². The summed E-state index contributed by atoms with van der Waals surface area (Å²) < 4.78 is 0. The summed E-state index contributed by atoms with van der Waals surface area (Å²) >= 11 is 0. The van der Waals surface area contributed by atoms with Gasteiger partial charge in [-0.25, -0.2) is 15.8 Å². The van der Waals surface area contributed by atoms with Crippen molar-refractivity contribution >= 4 is 11.6 Å². The van der Waals surface area contributed by atoms with Crippen molar-refractivity contribution in [2.24, 2.45) is 5.84 Å². The lowest BCUT2D eigenvalue weighted by molar-refractivity contribution is 0.219. The number of nitrogens with one attached hydrogen (secondary N) is 2. The Kier molecular flexibility index (Phi) is 4.93. The van der Waals surface area contributed by atoms with E-state index in [1.165, 1.54) is 13.0 Å². The fourth-order valence-corrected chi connectivity index (χ4v) is 2.54. The lowest BCUT2D eigenvalue weighted by Crippen LogP contribution is -2.39. The number of hydrogen-bond acceptors (Lipinski definition) is 6. The largest absolute Gasteiger partial charge is 0.367 e. The lowest BCUT2D eigenvalue weighted by Gasteiger charge is -2.32. The minimum atomic E-state index is 0.494. The second-order valence-electron chi connectivity index (χ2n) is 5.09. The Bertz CT molecular complexity index is 400. The van der Waals surface area contributed by atoms with E-state index in [0.29, 0.717) is 11.9 Å². The van der Waals surface area contributed by atoms with Gasteiger partial charge in [0.25, 0.3) is 0 Å². The van der Waals surface area contributed by atoms with Gasteiger partial charge in [-0.05, 0) is 32.7 Å². The number of aryl methyl sites for hydroxylation is 1. The molecular weight excluding hydrogens is 240 g/mol. The number of aromatic nitrogens is 2. The van der Waals surface area contributed by atoms with E-state index in [1.54, 1.807) is 0 Å². The van der Waals surface area contributed by atoms with E-state index in [-0.39, 0.29) is 0 Å². The highest BCUT2D eigenvalue weighted by atomic mass is 15.3. The van der Waals surface area contributed by atoms with Crippen LogP contribution in [-0.4, -0.2) is 40.5 Å². The number of anilines is 2. The van der Waals surface area contributed by atoms with Crippen molar-refractivity contribution in [2.45, 2.75) is 39.2 Å². The van der Waals surface area contributed by atoms with Gasteiger partial charge < -0.3 is 15.6 Å². The van der Waals surface area contributed by atoms with E-state index in [0.717, 1.165) is 37.6 Å². The van der Waals surface area contributed by atoms with Crippen LogP contribution in [0, 0.1) is 6.92 Å². The van der Waals surface area contributed by atoms with E-state index in [4.69, 9.17) is 5.84 Å². The molecule has 106 valence electrons. The van der Waals surface area contributed by atoms with Crippen molar-refractivity contribution in [3.63, 3.8) is 0 Å². The van der Waals surface area contributed by atoms with Gasteiger partial charge in [0.2, 0.25) is 0 Å². The topological polar surface area (TPSA) is 79.1 Å².